The van der Waals surface area contributed by atoms with Gasteiger partial charge in [0, 0.05) is 0 Å². The zero-order valence-electron chi connectivity index (χ0n) is 8.59. The summed E-state index contributed by atoms with van der Waals surface area (Å²) in [4.78, 5) is 24.7. The molecule has 1 atom stereocenters. The van der Waals surface area contributed by atoms with Gasteiger partial charge in [-0.1, -0.05) is 18.2 Å². The molecule has 2 amide bonds. The summed E-state index contributed by atoms with van der Waals surface area (Å²) < 4.78 is 0. The number of rotatable bonds is 3. The summed E-state index contributed by atoms with van der Waals surface area (Å²) in [5.41, 5.74) is 0.785. The molecule has 1 heterocycles. The van der Waals surface area contributed by atoms with Crippen LogP contribution in [-0.4, -0.2) is 34.5 Å². The average Bonchev–Trinajstić information content (AvgIpc) is 2.55. The molecule has 0 aromatic heterocycles. The molecule has 0 aliphatic carbocycles. The highest BCUT2D eigenvalue weighted by Gasteiger charge is 2.35. The number of nitrogens with zero attached hydrogens (tertiary/aromatic N) is 1. The van der Waals surface area contributed by atoms with Crippen LogP contribution in [0.1, 0.15) is 20.7 Å². The summed E-state index contributed by atoms with van der Waals surface area (Å²) in [6.45, 7) is 3.36. The molecule has 16 heavy (non-hydrogen) atoms. The Morgan fingerprint density at radius 3 is 2.19 bits per heavy atom. The van der Waals surface area contributed by atoms with E-state index in [2.05, 4.69) is 6.58 Å². The molecule has 0 saturated carbocycles. The van der Waals surface area contributed by atoms with Crippen molar-refractivity contribution in [3.05, 3.63) is 48.0 Å². The van der Waals surface area contributed by atoms with Gasteiger partial charge in [0.05, 0.1) is 23.8 Å². The third-order valence-corrected chi connectivity index (χ3v) is 2.52. The van der Waals surface area contributed by atoms with Gasteiger partial charge in [0.2, 0.25) is 0 Å². The Morgan fingerprint density at radius 1 is 1.25 bits per heavy atom. The fraction of sp³-hybridized carbons (Fsp3) is 0.167. The number of imide groups is 1. The van der Waals surface area contributed by atoms with Crippen LogP contribution in [0.2, 0.25) is 0 Å². The average molecular weight is 217 g/mol. The smallest absolute Gasteiger partial charge is 0.261 e. The molecule has 4 heteroatoms. The summed E-state index contributed by atoms with van der Waals surface area (Å²) in [6, 6.07) is 6.63. The second-order valence-corrected chi connectivity index (χ2v) is 3.57. The second-order valence-electron chi connectivity index (χ2n) is 3.57. The number of hydrogen-bond acceptors (Lipinski definition) is 3. The van der Waals surface area contributed by atoms with Crippen LogP contribution < -0.4 is 0 Å². The summed E-state index contributed by atoms with van der Waals surface area (Å²) in [6.07, 6.45) is 0.408. The number of β-amino-alcohol motifs (C(OH)–C–C–N with tert-alkyl or cyclic N) is 1. The molecular formula is C12H11NO3. The minimum absolute atomic E-state index is 0.0458. The molecule has 0 radical (unpaired) electrons. The minimum atomic E-state index is -0.887. The van der Waals surface area contributed by atoms with Crippen LogP contribution in [0.4, 0.5) is 0 Å². The summed E-state index contributed by atoms with van der Waals surface area (Å²) in [5.74, 6) is -0.719. The quantitative estimate of drug-likeness (QED) is 0.602. The Kier molecular flexibility index (Phi) is 2.58. The summed E-state index contributed by atoms with van der Waals surface area (Å²) in [5, 5.41) is 9.37. The standard InChI is InChI=1S/C12H11NO3/c1-2-8(14)7-13-11(15)9-5-3-4-6-10(9)12(13)16/h2-6,8,14H,1,7H2/t8-/m0/s1. The SMILES string of the molecule is C=C[C@H](O)CN1C(=O)c2ccccc2C1=O. The highest BCUT2D eigenvalue weighted by Crippen LogP contribution is 2.22. The Hall–Kier alpha value is -1.94. The molecule has 1 aromatic rings. The van der Waals surface area contributed by atoms with Gasteiger partial charge in [-0.05, 0) is 12.1 Å². The van der Waals surface area contributed by atoms with Gasteiger partial charge in [0.15, 0.2) is 0 Å². The molecule has 4 nitrogen and oxygen atoms in total. The van der Waals surface area contributed by atoms with Crippen molar-refractivity contribution in [2.45, 2.75) is 6.10 Å². The topological polar surface area (TPSA) is 57.6 Å². The van der Waals surface area contributed by atoms with Crippen molar-refractivity contribution >= 4 is 11.8 Å². The lowest BCUT2D eigenvalue weighted by molar-refractivity contribution is 0.0586. The maximum Gasteiger partial charge on any atom is 0.261 e. The van der Waals surface area contributed by atoms with Gasteiger partial charge < -0.3 is 5.11 Å². The first-order valence-electron chi connectivity index (χ1n) is 4.91. The van der Waals surface area contributed by atoms with E-state index in [-0.39, 0.29) is 18.4 Å². The minimum Gasteiger partial charge on any atom is -0.387 e. The van der Waals surface area contributed by atoms with Crippen LogP contribution in [0.15, 0.2) is 36.9 Å². The molecule has 0 bridgehead atoms. The maximum absolute atomic E-state index is 11.8. The van der Waals surface area contributed by atoms with Gasteiger partial charge in [-0.2, -0.15) is 0 Å². The van der Waals surface area contributed by atoms with Crippen LogP contribution >= 0.6 is 0 Å². The number of aliphatic hydroxyl groups excluding tert-OH is 1. The van der Waals surface area contributed by atoms with E-state index in [0.717, 1.165) is 4.90 Å². The van der Waals surface area contributed by atoms with E-state index in [1.165, 1.54) is 6.08 Å². The number of benzene rings is 1. The molecule has 1 aliphatic rings. The zero-order chi connectivity index (χ0) is 11.7. The Bertz CT molecular complexity index is 432. The number of carbonyl (C=O) groups is 2. The van der Waals surface area contributed by atoms with Gasteiger partial charge in [-0.3, -0.25) is 14.5 Å². The number of amides is 2. The van der Waals surface area contributed by atoms with Crippen molar-refractivity contribution in [2.75, 3.05) is 6.54 Å². The molecule has 0 spiro atoms. The van der Waals surface area contributed by atoms with E-state index in [9.17, 15) is 14.7 Å². The molecule has 0 fully saturated rings. The van der Waals surface area contributed by atoms with E-state index in [4.69, 9.17) is 0 Å². The van der Waals surface area contributed by atoms with Crippen molar-refractivity contribution in [1.82, 2.24) is 4.90 Å². The first-order chi connectivity index (χ1) is 7.65. The predicted octanol–water partition coefficient (Wildman–Crippen LogP) is 0.830. The molecule has 0 unspecified atom stereocenters. The van der Waals surface area contributed by atoms with Crippen molar-refractivity contribution in [3.8, 4) is 0 Å². The van der Waals surface area contributed by atoms with Gasteiger partial charge >= 0.3 is 0 Å². The van der Waals surface area contributed by atoms with E-state index < -0.39 is 6.10 Å². The van der Waals surface area contributed by atoms with Crippen molar-refractivity contribution in [2.24, 2.45) is 0 Å². The number of aliphatic hydroxyl groups is 1. The normalized spacial score (nSPS) is 16.2. The second kappa shape index (κ2) is 3.90. The highest BCUT2D eigenvalue weighted by atomic mass is 16.3. The first kappa shape index (κ1) is 10.6. The lowest BCUT2D eigenvalue weighted by Crippen LogP contribution is -2.36. The van der Waals surface area contributed by atoms with Crippen LogP contribution in [0, 0.1) is 0 Å². The molecule has 82 valence electrons. The van der Waals surface area contributed by atoms with Gasteiger partial charge in [-0.25, -0.2) is 0 Å². The van der Waals surface area contributed by atoms with Crippen LogP contribution in [0.25, 0.3) is 0 Å². The van der Waals surface area contributed by atoms with Gasteiger partial charge in [0.25, 0.3) is 11.8 Å². The number of carbonyl (C=O) groups excluding carboxylic acids is 2. The fourth-order valence-electron chi connectivity index (χ4n) is 1.67. The highest BCUT2D eigenvalue weighted by molar-refractivity contribution is 6.21. The molecule has 0 saturated heterocycles. The van der Waals surface area contributed by atoms with Gasteiger partial charge in [0.1, 0.15) is 0 Å². The molecule has 1 aromatic carbocycles. The zero-order valence-corrected chi connectivity index (χ0v) is 8.59. The van der Waals surface area contributed by atoms with E-state index in [1.54, 1.807) is 24.3 Å². The predicted molar refractivity (Wildman–Crippen MR) is 58.0 cm³/mol. The third-order valence-electron chi connectivity index (χ3n) is 2.52. The van der Waals surface area contributed by atoms with Crippen molar-refractivity contribution < 1.29 is 14.7 Å². The monoisotopic (exact) mass is 217 g/mol. The lowest BCUT2D eigenvalue weighted by Gasteiger charge is -2.15. The van der Waals surface area contributed by atoms with E-state index >= 15 is 0 Å². The number of fused-ring (bicyclic) bond motifs is 1. The van der Waals surface area contributed by atoms with Gasteiger partial charge in [-0.15, -0.1) is 6.58 Å². The fourth-order valence-corrected chi connectivity index (χ4v) is 1.67. The maximum atomic E-state index is 11.8. The van der Waals surface area contributed by atoms with E-state index in [0.29, 0.717) is 11.1 Å². The molecule has 1 N–H and O–H groups in total. The van der Waals surface area contributed by atoms with Crippen molar-refractivity contribution in [1.29, 1.82) is 0 Å². The summed E-state index contributed by atoms with van der Waals surface area (Å²) >= 11 is 0. The largest absolute Gasteiger partial charge is 0.387 e. The molecule has 2 rings (SSSR count). The Balaban J connectivity index is 2.31. The third kappa shape index (κ3) is 1.53. The first-order valence-corrected chi connectivity index (χ1v) is 4.91. The Labute approximate surface area is 92.8 Å². The van der Waals surface area contributed by atoms with E-state index in [1.807, 2.05) is 0 Å². The Morgan fingerprint density at radius 2 is 1.75 bits per heavy atom. The molecule has 1 aliphatic heterocycles. The van der Waals surface area contributed by atoms with Crippen molar-refractivity contribution in [3.63, 3.8) is 0 Å². The van der Waals surface area contributed by atoms with Crippen LogP contribution in [-0.2, 0) is 0 Å². The molecular weight excluding hydrogens is 206 g/mol. The van der Waals surface area contributed by atoms with Crippen LogP contribution in [0.5, 0.6) is 0 Å². The lowest BCUT2D eigenvalue weighted by atomic mass is 10.1. The number of hydrogen-bond donors (Lipinski definition) is 1. The van der Waals surface area contributed by atoms with Crippen LogP contribution in [0.3, 0.4) is 0 Å². The summed E-state index contributed by atoms with van der Waals surface area (Å²) in [7, 11) is 0.